The van der Waals surface area contributed by atoms with Gasteiger partial charge in [-0.05, 0) is 0 Å². The van der Waals surface area contributed by atoms with Crippen molar-refractivity contribution in [1.29, 1.82) is 0 Å². The Hall–Kier alpha value is 0.409. The van der Waals surface area contributed by atoms with Gasteiger partial charge in [0, 0.05) is 10.4 Å². The van der Waals surface area contributed by atoms with Gasteiger partial charge >= 0.3 is 17.1 Å². The zero-order valence-corrected chi connectivity index (χ0v) is 5.90. The second-order valence-electron chi connectivity index (χ2n) is 0.408. The summed E-state index contributed by atoms with van der Waals surface area (Å²) >= 11 is 3.58. The van der Waals surface area contributed by atoms with Crippen LogP contribution in [0.1, 0.15) is 0 Å². The summed E-state index contributed by atoms with van der Waals surface area (Å²) < 4.78 is 38.2. The molecule has 0 aliphatic carbocycles. The van der Waals surface area contributed by atoms with Crippen molar-refractivity contribution in [3.05, 3.63) is 0 Å². The second kappa shape index (κ2) is 7.41. The normalized spacial score (nSPS) is 7.75. The van der Waals surface area contributed by atoms with Gasteiger partial charge in [0.2, 0.25) is 0 Å². The second-order valence-corrected chi connectivity index (χ2v) is 1.22. The maximum Gasteiger partial charge on any atom is 1.00 e. The minimum absolute atomic E-state index is 0. The fraction of sp³-hybridized carbons (Fsp3) is 0. The molecule has 0 atom stereocenters. The van der Waals surface area contributed by atoms with Gasteiger partial charge in [0.05, 0.1) is 0 Å². The Bertz CT molecular complexity index is 108. The third-order valence-corrected chi connectivity index (χ3v) is 0. The molecule has 0 aliphatic heterocycles. The largest absolute Gasteiger partial charge is 1.00 e. The molecule has 0 saturated heterocycles. The van der Waals surface area contributed by atoms with E-state index >= 15 is 0 Å². The summed E-state index contributed by atoms with van der Waals surface area (Å²) in [5.74, 6) is 0. The van der Waals surface area contributed by atoms with E-state index in [1.54, 1.807) is 0 Å². The van der Waals surface area contributed by atoms with Gasteiger partial charge in [0.1, 0.15) is 0 Å². The Morgan fingerprint density at radius 3 is 1.25 bits per heavy atom. The minimum Gasteiger partial charge on any atom is -0.759 e. The predicted molar refractivity (Wildman–Crippen MR) is 19.8 cm³/mol. The standard InChI is InChI=1S/Cu.HNS.H2O4S/c;1-2;1-5(2,3)4/h;1H;(H2,1,2,3,4)/q+1;;/p-1. The first-order chi connectivity index (χ1) is 3.00. The first-order valence-electron chi connectivity index (χ1n) is 0.902. The van der Waals surface area contributed by atoms with Crippen molar-refractivity contribution in [3.63, 3.8) is 0 Å². The average Bonchev–Trinajstić information content (AvgIpc) is 1.36. The molecule has 0 aromatic heterocycles. The first-order valence-corrected chi connectivity index (χ1v) is 2.71. The molecule has 0 bridgehead atoms. The first kappa shape index (κ1) is 15.8. The number of hydrogen-bond acceptors (Lipinski definition) is 5. The van der Waals surface area contributed by atoms with Crippen LogP contribution in [-0.4, -0.2) is 17.5 Å². The Kier molecular flexibility index (Phi) is 14.6. The van der Waals surface area contributed by atoms with Crippen LogP contribution in [0.5, 0.6) is 0 Å². The van der Waals surface area contributed by atoms with Crippen LogP contribution in [0.4, 0.5) is 0 Å². The maximum absolute atomic E-state index is 8.52. The molecule has 0 heterocycles. The van der Waals surface area contributed by atoms with Crippen molar-refractivity contribution in [3.8, 4) is 0 Å². The molecule has 0 aromatic rings. The molecular weight excluding hydrogens is 206 g/mol. The third-order valence-electron chi connectivity index (χ3n) is 0. The Balaban J connectivity index is -0.0000000750. The monoisotopic (exact) mass is 207 g/mol. The van der Waals surface area contributed by atoms with Gasteiger partial charge in [0.25, 0.3) is 12.4 Å². The van der Waals surface area contributed by atoms with E-state index in [2.05, 4.69) is 17.2 Å². The molecule has 0 unspecified atom stereocenters. The number of rotatable bonds is 0. The zero-order valence-electron chi connectivity index (χ0n) is 3.33. The van der Waals surface area contributed by atoms with E-state index in [-0.39, 0.29) is 17.1 Å². The predicted octanol–water partition coefficient (Wildman–Crippen LogP) is -2.86. The molecule has 0 amide bonds. The van der Waals surface area contributed by atoms with Gasteiger partial charge in [-0.3, -0.25) is 8.42 Å². The van der Waals surface area contributed by atoms with Gasteiger partial charge in [-0.1, -0.05) is 0 Å². The Morgan fingerprint density at radius 1 is 1.25 bits per heavy atom. The molecule has 2 N–H and O–H groups in total. The van der Waals surface area contributed by atoms with Crippen LogP contribution in [-0.2, 0) is 39.9 Å². The maximum atomic E-state index is 8.52. The molecule has 5 nitrogen and oxygen atoms in total. The van der Waals surface area contributed by atoms with Crippen molar-refractivity contribution in [2.45, 2.75) is 0 Å². The summed E-state index contributed by atoms with van der Waals surface area (Å²) in [6, 6.07) is 0. The summed E-state index contributed by atoms with van der Waals surface area (Å²) in [6.07, 6.45) is 0. The molecule has 0 aliphatic rings. The zero-order chi connectivity index (χ0) is 6.50. The van der Waals surface area contributed by atoms with Crippen LogP contribution < -0.4 is 4.78 Å². The van der Waals surface area contributed by atoms with Gasteiger partial charge in [-0.2, -0.15) is 4.78 Å². The van der Waals surface area contributed by atoms with E-state index in [4.69, 9.17) is 17.5 Å². The molecule has 8 heteroatoms. The molecule has 0 aromatic carbocycles. The van der Waals surface area contributed by atoms with E-state index in [1.807, 2.05) is 0 Å². The molecule has 0 rings (SSSR count). The summed E-state index contributed by atoms with van der Waals surface area (Å²) in [6.45, 7) is 0. The molecule has 54 valence electrons. The van der Waals surface area contributed by atoms with E-state index < -0.39 is 10.4 Å². The van der Waals surface area contributed by atoms with Crippen molar-refractivity contribution in [2.24, 2.45) is 0 Å². The summed E-state index contributed by atoms with van der Waals surface area (Å²) in [4.78, 5) is 0. The molecule has 0 saturated carbocycles. The van der Waals surface area contributed by atoms with Gasteiger partial charge in [-0.15, -0.1) is 0 Å². The summed E-state index contributed by atoms with van der Waals surface area (Å²) in [7, 11) is -5.17. The Labute approximate surface area is 62.5 Å². The molecule has 0 spiro atoms. The van der Waals surface area contributed by atoms with Crippen LogP contribution in [0, 0.1) is 0 Å². The smallest absolute Gasteiger partial charge is 0.759 e. The summed E-state index contributed by atoms with van der Waals surface area (Å²) in [5.41, 5.74) is 0. The van der Waals surface area contributed by atoms with Gasteiger partial charge < -0.3 is 9.11 Å². The fourth-order valence-electron chi connectivity index (χ4n) is 0. The third kappa shape index (κ3) is 1120. The number of nitrogens with two attached hydrogens (primary N) is 1. The van der Waals surface area contributed by atoms with Crippen molar-refractivity contribution in [2.75, 3.05) is 0 Å². The van der Waals surface area contributed by atoms with E-state index in [0.29, 0.717) is 0 Å². The quantitative estimate of drug-likeness (QED) is 0.261. The molecule has 8 heavy (non-hydrogen) atoms. The Morgan fingerprint density at radius 2 is 1.25 bits per heavy atom. The van der Waals surface area contributed by atoms with Crippen LogP contribution in [0.25, 0.3) is 0 Å². The minimum atomic E-state index is -5.17. The van der Waals surface area contributed by atoms with Crippen LogP contribution in [0.2, 0.25) is 0 Å². The number of hydrogen-bond donors (Lipinski definition) is 1. The van der Waals surface area contributed by atoms with Crippen molar-refractivity contribution < 1.29 is 39.4 Å². The van der Waals surface area contributed by atoms with Gasteiger partial charge in [0.15, 0.2) is 0 Å². The van der Waals surface area contributed by atoms with E-state index in [1.165, 1.54) is 0 Å². The van der Waals surface area contributed by atoms with Crippen LogP contribution >= 0.6 is 0 Å². The fourth-order valence-corrected chi connectivity index (χ4v) is 0. The topological polar surface area (TPSA) is 106 Å². The summed E-state index contributed by atoms with van der Waals surface area (Å²) in [5, 5.41) is 0. The van der Waals surface area contributed by atoms with Crippen LogP contribution in [0.15, 0.2) is 0 Å². The van der Waals surface area contributed by atoms with Crippen molar-refractivity contribution in [1.82, 2.24) is 0 Å². The molecule has 0 fully saturated rings. The van der Waals surface area contributed by atoms with Crippen molar-refractivity contribution >= 4 is 22.8 Å². The van der Waals surface area contributed by atoms with Crippen LogP contribution in [0.3, 0.4) is 0 Å². The molecular formula is H2CuNO4S2. The SMILES string of the molecule is O=S(=O)([O-])[O-].[Cu+].[NH2+]=S. The molecule has 0 radical (unpaired) electrons. The van der Waals surface area contributed by atoms with E-state index in [9.17, 15) is 0 Å². The van der Waals surface area contributed by atoms with Gasteiger partial charge in [-0.25, -0.2) is 0 Å². The van der Waals surface area contributed by atoms with E-state index in [0.717, 1.165) is 0 Å². The average molecular weight is 208 g/mol.